The van der Waals surface area contributed by atoms with Crippen LogP contribution in [0.1, 0.15) is 22.3 Å². The Labute approximate surface area is 183 Å². The molecule has 0 aliphatic heterocycles. The summed E-state index contributed by atoms with van der Waals surface area (Å²) >= 11 is 0. The van der Waals surface area contributed by atoms with E-state index >= 15 is 0 Å². The predicted molar refractivity (Wildman–Crippen MR) is 120 cm³/mol. The zero-order valence-electron chi connectivity index (χ0n) is 18.9. The van der Waals surface area contributed by atoms with Crippen molar-refractivity contribution in [1.29, 1.82) is 0 Å². The van der Waals surface area contributed by atoms with E-state index in [4.69, 9.17) is 4.74 Å². The van der Waals surface area contributed by atoms with E-state index in [9.17, 15) is 14.4 Å². The van der Waals surface area contributed by atoms with Gasteiger partial charge in [-0.15, -0.1) is 0 Å². The van der Waals surface area contributed by atoms with Crippen LogP contribution in [-0.2, 0) is 25.5 Å². The number of carbonyl (C=O) groups is 3. The van der Waals surface area contributed by atoms with E-state index < -0.39 is 12.0 Å². The third kappa shape index (κ3) is 7.53. The summed E-state index contributed by atoms with van der Waals surface area (Å²) in [7, 11) is 3.06. The number of hydrogen-bond acceptors (Lipinski definition) is 4. The van der Waals surface area contributed by atoms with Gasteiger partial charge in [-0.3, -0.25) is 9.59 Å². The topological polar surface area (TPSA) is 88.9 Å². The van der Waals surface area contributed by atoms with Gasteiger partial charge in [0.15, 0.2) is 13.1 Å². The number of rotatable bonds is 9. The molecule has 0 aliphatic carbocycles. The molecule has 2 aromatic carbocycles. The van der Waals surface area contributed by atoms with E-state index in [1.54, 1.807) is 7.05 Å². The number of methoxy groups -OCH3 is 1. The van der Waals surface area contributed by atoms with Crippen LogP contribution in [0.15, 0.2) is 42.5 Å². The molecule has 0 aromatic heterocycles. The molecule has 7 heteroatoms. The van der Waals surface area contributed by atoms with E-state index in [0.29, 0.717) is 11.3 Å². The highest BCUT2D eigenvalue weighted by Gasteiger charge is 2.24. The second-order valence-corrected chi connectivity index (χ2v) is 7.97. The molecule has 0 saturated heterocycles. The molecule has 166 valence electrons. The molecule has 0 radical (unpaired) electrons. The lowest BCUT2D eigenvalue weighted by atomic mass is 10.1. The van der Waals surface area contributed by atoms with E-state index in [1.807, 2.05) is 63.2 Å². The largest absolute Gasteiger partial charge is 0.467 e. The van der Waals surface area contributed by atoms with Gasteiger partial charge in [-0.1, -0.05) is 48.0 Å². The number of anilines is 1. The highest BCUT2D eigenvalue weighted by atomic mass is 16.5. The minimum Gasteiger partial charge on any atom is -0.467 e. The third-order valence-corrected chi connectivity index (χ3v) is 4.97. The number of hydrogen-bond donors (Lipinski definition) is 3. The molecule has 2 aromatic rings. The maximum absolute atomic E-state index is 12.5. The molecule has 7 nitrogen and oxygen atoms in total. The fourth-order valence-corrected chi connectivity index (χ4v) is 3.60. The summed E-state index contributed by atoms with van der Waals surface area (Å²) in [5.74, 6) is -0.994. The maximum Gasteiger partial charge on any atom is 0.328 e. The van der Waals surface area contributed by atoms with Gasteiger partial charge in [0, 0.05) is 12.1 Å². The van der Waals surface area contributed by atoms with Crippen molar-refractivity contribution < 1.29 is 24.0 Å². The van der Waals surface area contributed by atoms with Crippen LogP contribution in [0.2, 0.25) is 0 Å². The first kappa shape index (κ1) is 24.1. The van der Waals surface area contributed by atoms with Crippen LogP contribution in [0.5, 0.6) is 0 Å². The van der Waals surface area contributed by atoms with Gasteiger partial charge in [0.1, 0.15) is 6.04 Å². The molecule has 0 bridgehead atoms. The minimum absolute atomic E-state index is 0.0571. The number of amides is 2. The first-order valence-corrected chi connectivity index (χ1v) is 10.3. The summed E-state index contributed by atoms with van der Waals surface area (Å²) in [4.78, 5) is 37.8. The summed E-state index contributed by atoms with van der Waals surface area (Å²) in [6, 6.07) is 12.7. The standard InChI is InChI=1S/C24H31N3O4/c1-16-11-17(2)23(18(3)12-16)26-22(29)15-27(4)14-21(28)25-20(24(30)31-5)13-19-9-7-6-8-10-19/h6-12,20H,13-15H2,1-5H3,(H,25,28)(H,26,29)/p+1/t20-/m0/s1. The number of nitrogens with one attached hydrogen (secondary N) is 3. The number of ether oxygens (including phenoxy) is 1. The molecule has 1 unspecified atom stereocenters. The second-order valence-electron chi connectivity index (χ2n) is 7.97. The molecule has 31 heavy (non-hydrogen) atoms. The molecule has 2 rings (SSSR count). The highest BCUT2D eigenvalue weighted by Crippen LogP contribution is 2.21. The van der Waals surface area contributed by atoms with Crippen molar-refractivity contribution in [1.82, 2.24) is 5.32 Å². The smallest absolute Gasteiger partial charge is 0.328 e. The van der Waals surface area contributed by atoms with E-state index in [0.717, 1.165) is 27.9 Å². The van der Waals surface area contributed by atoms with Gasteiger partial charge in [-0.05, 0) is 37.5 Å². The molecule has 0 spiro atoms. The Morgan fingerprint density at radius 1 is 0.968 bits per heavy atom. The van der Waals surface area contributed by atoms with Crippen molar-refractivity contribution in [2.45, 2.75) is 33.2 Å². The quantitative estimate of drug-likeness (QED) is 0.521. The summed E-state index contributed by atoms with van der Waals surface area (Å²) in [5, 5.41) is 5.67. The second kappa shape index (κ2) is 11.3. The van der Waals surface area contributed by atoms with Crippen LogP contribution < -0.4 is 15.5 Å². The lowest BCUT2D eigenvalue weighted by Gasteiger charge is -2.19. The maximum atomic E-state index is 12.5. The van der Waals surface area contributed by atoms with Crippen LogP contribution in [0.25, 0.3) is 0 Å². The normalized spacial score (nSPS) is 12.5. The summed E-state index contributed by atoms with van der Waals surface area (Å²) < 4.78 is 4.83. The molecular weight excluding hydrogens is 394 g/mol. The average Bonchev–Trinajstić information content (AvgIpc) is 2.70. The first-order chi connectivity index (χ1) is 14.7. The average molecular weight is 427 g/mol. The molecule has 3 N–H and O–H groups in total. The van der Waals surface area contributed by atoms with Gasteiger partial charge in [0.05, 0.1) is 14.2 Å². The van der Waals surface area contributed by atoms with Gasteiger partial charge in [0.25, 0.3) is 11.8 Å². The number of carbonyl (C=O) groups excluding carboxylic acids is 3. The van der Waals surface area contributed by atoms with Crippen molar-refractivity contribution in [3.8, 4) is 0 Å². The predicted octanol–water partition coefficient (Wildman–Crippen LogP) is 0.966. The van der Waals surface area contributed by atoms with Crippen molar-refractivity contribution in [3.63, 3.8) is 0 Å². The lowest BCUT2D eigenvalue weighted by Crippen LogP contribution is -3.11. The molecule has 0 saturated carbocycles. The summed E-state index contributed by atoms with van der Waals surface area (Å²) in [5.41, 5.74) is 4.87. The Morgan fingerprint density at radius 3 is 2.13 bits per heavy atom. The van der Waals surface area contributed by atoms with Crippen LogP contribution in [-0.4, -0.2) is 51.1 Å². The van der Waals surface area contributed by atoms with Crippen LogP contribution >= 0.6 is 0 Å². The number of esters is 1. The fourth-order valence-electron chi connectivity index (χ4n) is 3.60. The van der Waals surface area contributed by atoms with E-state index in [1.165, 1.54) is 7.11 Å². The Morgan fingerprint density at radius 2 is 1.55 bits per heavy atom. The summed E-state index contributed by atoms with van der Waals surface area (Å²) in [6.07, 6.45) is 0.338. The molecule has 2 atom stereocenters. The number of aryl methyl sites for hydroxylation is 3. The molecular formula is C24H32N3O4+. The Kier molecular flexibility index (Phi) is 8.75. The number of likely N-dealkylation sites (N-methyl/N-ethyl adjacent to an activating group) is 1. The first-order valence-electron chi connectivity index (χ1n) is 10.3. The van der Waals surface area contributed by atoms with Gasteiger partial charge < -0.3 is 20.3 Å². The van der Waals surface area contributed by atoms with Gasteiger partial charge in [-0.2, -0.15) is 0 Å². The molecule has 0 aliphatic rings. The molecule has 0 heterocycles. The van der Waals surface area contributed by atoms with Crippen molar-refractivity contribution in [3.05, 3.63) is 64.7 Å². The Balaban J connectivity index is 1.91. The zero-order valence-corrected chi connectivity index (χ0v) is 18.9. The van der Waals surface area contributed by atoms with Crippen molar-refractivity contribution in [2.75, 3.05) is 32.6 Å². The molecule has 0 fully saturated rings. The summed E-state index contributed by atoms with van der Waals surface area (Å²) in [6.45, 7) is 6.11. The van der Waals surface area contributed by atoms with Crippen LogP contribution in [0, 0.1) is 20.8 Å². The van der Waals surface area contributed by atoms with Gasteiger partial charge >= 0.3 is 5.97 Å². The Bertz CT molecular complexity index is 905. The van der Waals surface area contributed by atoms with E-state index in [-0.39, 0.29) is 24.9 Å². The van der Waals surface area contributed by atoms with Crippen LogP contribution in [0.4, 0.5) is 5.69 Å². The molecule has 2 amide bonds. The van der Waals surface area contributed by atoms with Crippen LogP contribution in [0.3, 0.4) is 0 Å². The highest BCUT2D eigenvalue weighted by molar-refractivity contribution is 5.93. The van der Waals surface area contributed by atoms with Crippen molar-refractivity contribution in [2.24, 2.45) is 0 Å². The SMILES string of the molecule is COC(=O)[C@H](Cc1ccccc1)NC(=O)C[NH+](C)CC(=O)Nc1c(C)cc(C)cc1C. The lowest BCUT2D eigenvalue weighted by molar-refractivity contribution is -0.862. The fraction of sp³-hybridized carbons (Fsp3) is 0.375. The Hall–Kier alpha value is -3.19. The van der Waals surface area contributed by atoms with Gasteiger partial charge in [0.2, 0.25) is 0 Å². The minimum atomic E-state index is -0.778. The number of benzene rings is 2. The van der Waals surface area contributed by atoms with Crippen molar-refractivity contribution >= 4 is 23.5 Å². The van der Waals surface area contributed by atoms with E-state index in [2.05, 4.69) is 10.6 Å². The monoisotopic (exact) mass is 426 g/mol. The zero-order chi connectivity index (χ0) is 23.0. The third-order valence-electron chi connectivity index (χ3n) is 4.97. The number of quaternary nitrogens is 1. The van der Waals surface area contributed by atoms with Gasteiger partial charge in [-0.25, -0.2) is 4.79 Å².